The van der Waals surface area contributed by atoms with E-state index in [-0.39, 0.29) is 0 Å². The molecule has 4 heteroatoms. The highest BCUT2D eigenvalue weighted by atomic mass is 127. The zero-order valence-corrected chi connectivity index (χ0v) is 17.8. The molecule has 0 unspecified atom stereocenters. The van der Waals surface area contributed by atoms with E-state index in [1.54, 1.807) is 0 Å². The Morgan fingerprint density at radius 2 is 1.64 bits per heavy atom. The van der Waals surface area contributed by atoms with Crippen LogP contribution >= 0.6 is 22.6 Å². The van der Waals surface area contributed by atoms with Crippen LogP contribution in [0.5, 0.6) is 11.5 Å². The second kappa shape index (κ2) is 8.80. The van der Waals surface area contributed by atoms with Gasteiger partial charge < -0.3 is 15.5 Å². The van der Waals surface area contributed by atoms with Gasteiger partial charge in [0.15, 0.2) is 0 Å². The van der Waals surface area contributed by atoms with Crippen LogP contribution in [0.2, 0.25) is 0 Å². The maximum Gasteiger partial charge on any atom is 0.128 e. The van der Waals surface area contributed by atoms with Gasteiger partial charge in [-0.25, -0.2) is 0 Å². The van der Waals surface area contributed by atoms with Crippen molar-refractivity contribution in [3.05, 3.63) is 81.9 Å². The second-order valence-corrected chi connectivity index (χ2v) is 8.10. The quantitative estimate of drug-likeness (QED) is 0.233. The molecule has 0 aliphatic carbocycles. The van der Waals surface area contributed by atoms with E-state index in [1.807, 2.05) is 36.4 Å². The van der Waals surface area contributed by atoms with Crippen molar-refractivity contribution in [1.29, 1.82) is 0 Å². The number of benzene rings is 3. The van der Waals surface area contributed by atoms with Gasteiger partial charge in [-0.05, 0) is 102 Å². The number of unbranched alkanes of at least 4 members (excludes halogenated alkanes) is 1. The van der Waals surface area contributed by atoms with E-state index in [9.17, 15) is 0 Å². The molecular formula is C24H23IN2O. The first-order valence-corrected chi connectivity index (χ1v) is 10.7. The number of halogens is 1. The fourth-order valence-electron chi connectivity index (χ4n) is 3.48. The van der Waals surface area contributed by atoms with Gasteiger partial charge in [0.25, 0.3) is 0 Å². The molecule has 0 saturated carbocycles. The van der Waals surface area contributed by atoms with Crippen LogP contribution in [-0.4, -0.2) is 11.5 Å². The summed E-state index contributed by atoms with van der Waals surface area (Å²) in [6.45, 7) is 0.726. The molecule has 0 atom stereocenters. The summed E-state index contributed by atoms with van der Waals surface area (Å²) in [5.74, 6) is 1.70. The molecule has 4 rings (SSSR count). The summed E-state index contributed by atoms with van der Waals surface area (Å²) in [6, 6.07) is 24.8. The first-order chi connectivity index (χ1) is 13.7. The number of ether oxygens (including phenoxy) is 1. The van der Waals surface area contributed by atoms with Crippen molar-refractivity contribution in [2.75, 3.05) is 6.54 Å². The van der Waals surface area contributed by atoms with E-state index >= 15 is 0 Å². The van der Waals surface area contributed by atoms with Gasteiger partial charge in [-0.15, -0.1) is 0 Å². The van der Waals surface area contributed by atoms with Crippen LogP contribution in [0, 0.1) is 3.57 Å². The monoisotopic (exact) mass is 482 g/mol. The number of aryl methyl sites for hydroxylation is 1. The zero-order chi connectivity index (χ0) is 19.3. The molecular weight excluding hydrogens is 459 g/mol. The predicted molar refractivity (Wildman–Crippen MR) is 125 cm³/mol. The Morgan fingerprint density at radius 3 is 2.39 bits per heavy atom. The largest absolute Gasteiger partial charge is 0.457 e. The van der Waals surface area contributed by atoms with Crippen molar-refractivity contribution >= 4 is 33.5 Å². The Labute approximate surface area is 179 Å². The van der Waals surface area contributed by atoms with Crippen LogP contribution in [0.25, 0.3) is 22.2 Å². The minimum atomic E-state index is 0.726. The zero-order valence-electron chi connectivity index (χ0n) is 15.6. The number of nitrogens with two attached hydrogens (primary N) is 1. The molecule has 0 amide bonds. The molecule has 142 valence electrons. The lowest BCUT2D eigenvalue weighted by Gasteiger charge is -2.07. The van der Waals surface area contributed by atoms with E-state index in [0.717, 1.165) is 42.8 Å². The molecule has 0 radical (unpaired) electrons. The minimum Gasteiger partial charge on any atom is -0.457 e. The average molecular weight is 482 g/mol. The molecule has 0 aliphatic heterocycles. The van der Waals surface area contributed by atoms with Crippen LogP contribution in [0.4, 0.5) is 0 Å². The molecule has 1 aromatic heterocycles. The summed E-state index contributed by atoms with van der Waals surface area (Å²) >= 11 is 2.34. The molecule has 4 aromatic rings. The standard InChI is InChI=1S/C24H23IN2O/c25-18-11-9-17(10-12-18)24-21(8-4-5-15-26)22-16-20(13-14-23(22)27-24)28-19-6-2-1-3-7-19/h1-3,6-7,9-14,16,27H,4-5,8,15,26H2. The Balaban J connectivity index is 1.75. The lowest BCUT2D eigenvalue weighted by molar-refractivity contribution is 0.483. The molecule has 0 aliphatic rings. The molecule has 3 nitrogen and oxygen atoms in total. The Bertz CT molecular complexity index is 1060. The Hall–Kier alpha value is -2.31. The van der Waals surface area contributed by atoms with Crippen LogP contribution in [0.1, 0.15) is 18.4 Å². The van der Waals surface area contributed by atoms with Crippen molar-refractivity contribution in [3.63, 3.8) is 0 Å². The van der Waals surface area contributed by atoms with Gasteiger partial charge in [-0.2, -0.15) is 0 Å². The summed E-state index contributed by atoms with van der Waals surface area (Å²) < 4.78 is 7.30. The number of para-hydroxylation sites is 1. The third-order valence-electron chi connectivity index (χ3n) is 4.87. The molecule has 0 spiro atoms. The Morgan fingerprint density at radius 1 is 0.857 bits per heavy atom. The number of aromatic amines is 1. The average Bonchev–Trinajstić information content (AvgIpc) is 3.07. The van der Waals surface area contributed by atoms with Gasteiger partial charge in [0.05, 0.1) is 0 Å². The minimum absolute atomic E-state index is 0.726. The number of fused-ring (bicyclic) bond motifs is 1. The van der Waals surface area contributed by atoms with Crippen LogP contribution < -0.4 is 10.5 Å². The lowest BCUT2D eigenvalue weighted by atomic mass is 10.0. The van der Waals surface area contributed by atoms with Crippen LogP contribution in [0.3, 0.4) is 0 Å². The van der Waals surface area contributed by atoms with Gasteiger partial charge in [0.2, 0.25) is 0 Å². The summed E-state index contributed by atoms with van der Waals surface area (Å²) in [6.07, 6.45) is 3.09. The molecule has 0 fully saturated rings. The third-order valence-corrected chi connectivity index (χ3v) is 5.59. The fourth-order valence-corrected chi connectivity index (χ4v) is 3.84. The van der Waals surface area contributed by atoms with E-state index < -0.39 is 0 Å². The third kappa shape index (κ3) is 4.23. The number of hydrogen-bond acceptors (Lipinski definition) is 2. The van der Waals surface area contributed by atoms with Crippen molar-refractivity contribution in [3.8, 4) is 22.8 Å². The summed E-state index contributed by atoms with van der Waals surface area (Å²) in [7, 11) is 0. The number of aromatic nitrogens is 1. The SMILES string of the molecule is NCCCCc1c(-c2ccc(I)cc2)[nH]c2ccc(Oc3ccccc3)cc12. The maximum atomic E-state index is 6.06. The number of H-pyrrole nitrogens is 1. The van der Waals surface area contributed by atoms with Crippen molar-refractivity contribution in [2.45, 2.75) is 19.3 Å². The van der Waals surface area contributed by atoms with Gasteiger partial charge in [0.1, 0.15) is 11.5 Å². The molecule has 3 N–H and O–H groups in total. The van der Waals surface area contributed by atoms with E-state index in [0.29, 0.717) is 0 Å². The van der Waals surface area contributed by atoms with Gasteiger partial charge >= 0.3 is 0 Å². The number of hydrogen-bond donors (Lipinski definition) is 2. The highest BCUT2D eigenvalue weighted by Gasteiger charge is 2.14. The normalized spacial score (nSPS) is 11.1. The van der Waals surface area contributed by atoms with Crippen molar-refractivity contribution < 1.29 is 4.74 Å². The number of rotatable bonds is 7. The highest BCUT2D eigenvalue weighted by Crippen LogP contribution is 2.35. The van der Waals surface area contributed by atoms with Gasteiger partial charge in [0, 0.05) is 20.2 Å². The first-order valence-electron chi connectivity index (χ1n) is 9.58. The van der Waals surface area contributed by atoms with Crippen molar-refractivity contribution in [1.82, 2.24) is 4.98 Å². The fraction of sp³-hybridized carbons (Fsp3) is 0.167. The molecule has 28 heavy (non-hydrogen) atoms. The first kappa shape index (κ1) is 19.0. The van der Waals surface area contributed by atoms with Gasteiger partial charge in [-0.3, -0.25) is 0 Å². The molecule has 1 heterocycles. The topological polar surface area (TPSA) is 51.0 Å². The van der Waals surface area contributed by atoms with Crippen LogP contribution in [0.15, 0.2) is 72.8 Å². The van der Waals surface area contributed by atoms with Crippen molar-refractivity contribution in [2.24, 2.45) is 5.73 Å². The highest BCUT2D eigenvalue weighted by molar-refractivity contribution is 14.1. The molecule has 0 bridgehead atoms. The van der Waals surface area contributed by atoms with E-state index in [2.05, 4.69) is 64.0 Å². The number of nitrogens with one attached hydrogen (secondary N) is 1. The summed E-state index contributed by atoms with van der Waals surface area (Å²) in [5.41, 5.74) is 10.6. The Kier molecular flexibility index (Phi) is 5.98. The van der Waals surface area contributed by atoms with E-state index in [1.165, 1.54) is 25.8 Å². The second-order valence-electron chi connectivity index (χ2n) is 6.85. The van der Waals surface area contributed by atoms with E-state index in [4.69, 9.17) is 10.5 Å². The molecule has 3 aromatic carbocycles. The smallest absolute Gasteiger partial charge is 0.128 e. The maximum absolute atomic E-state index is 6.06. The summed E-state index contributed by atoms with van der Waals surface area (Å²) in [5, 5.41) is 1.22. The predicted octanol–water partition coefficient (Wildman–Crippen LogP) is 6.51. The lowest BCUT2D eigenvalue weighted by Crippen LogP contribution is -1.99. The van der Waals surface area contributed by atoms with Gasteiger partial charge in [-0.1, -0.05) is 30.3 Å². The van der Waals surface area contributed by atoms with Crippen LogP contribution in [-0.2, 0) is 6.42 Å². The molecule has 0 saturated heterocycles. The summed E-state index contributed by atoms with van der Waals surface area (Å²) in [4.78, 5) is 3.63.